The summed E-state index contributed by atoms with van der Waals surface area (Å²) in [4.78, 5) is 21.5. The number of methoxy groups -OCH3 is 1. The number of guanidine groups is 1. The van der Waals surface area contributed by atoms with E-state index in [0.29, 0.717) is 17.2 Å². The Labute approximate surface area is 199 Å². The summed E-state index contributed by atoms with van der Waals surface area (Å²) < 4.78 is 5.29. The normalized spacial score (nSPS) is 22.3. The van der Waals surface area contributed by atoms with Crippen molar-refractivity contribution in [2.24, 2.45) is 16.3 Å². The molecule has 0 aromatic rings. The quantitative estimate of drug-likeness (QED) is 0.270. The maximum atomic E-state index is 12.6. The molecular weight excluding hydrogens is 493 g/mol. The fraction of sp³-hybridized carbons (Fsp3) is 0.909. The minimum absolute atomic E-state index is 0. The third-order valence-corrected chi connectivity index (χ3v) is 7.21. The highest BCUT2D eigenvalue weighted by atomic mass is 127. The summed E-state index contributed by atoms with van der Waals surface area (Å²) in [5.74, 6) is 1.60. The van der Waals surface area contributed by atoms with E-state index in [-0.39, 0.29) is 24.0 Å². The smallest absolute Gasteiger partial charge is 0.225 e. The molecule has 0 bridgehead atoms. The zero-order chi connectivity index (χ0) is 20.5. The van der Waals surface area contributed by atoms with Gasteiger partial charge in [0.25, 0.3) is 0 Å². The van der Waals surface area contributed by atoms with Gasteiger partial charge in [-0.15, -0.1) is 24.0 Å². The Hall–Kier alpha value is -0.610. The number of hydrogen-bond donors (Lipinski definition) is 2. The van der Waals surface area contributed by atoms with Gasteiger partial charge in [0.2, 0.25) is 5.91 Å². The van der Waals surface area contributed by atoms with Gasteiger partial charge in [0, 0.05) is 72.5 Å². The molecule has 3 fully saturated rings. The molecule has 0 radical (unpaired) electrons. The van der Waals surface area contributed by atoms with Crippen LogP contribution in [0.15, 0.2) is 4.99 Å². The second kappa shape index (κ2) is 13.1. The lowest BCUT2D eigenvalue weighted by Gasteiger charge is -2.42. The van der Waals surface area contributed by atoms with Gasteiger partial charge >= 0.3 is 0 Å². The topological polar surface area (TPSA) is 69.2 Å². The molecule has 0 spiro atoms. The summed E-state index contributed by atoms with van der Waals surface area (Å²) >= 11 is 0. The molecule has 1 amide bonds. The lowest BCUT2D eigenvalue weighted by atomic mass is 9.67. The minimum atomic E-state index is 0. The van der Waals surface area contributed by atoms with Crippen molar-refractivity contribution in [3.8, 4) is 0 Å². The van der Waals surface area contributed by atoms with E-state index < -0.39 is 0 Å². The Morgan fingerprint density at radius 2 is 1.80 bits per heavy atom. The fourth-order valence-corrected chi connectivity index (χ4v) is 4.96. The van der Waals surface area contributed by atoms with Crippen LogP contribution < -0.4 is 10.6 Å². The first-order valence-electron chi connectivity index (χ1n) is 11.6. The van der Waals surface area contributed by atoms with Gasteiger partial charge in [-0.2, -0.15) is 0 Å². The third-order valence-electron chi connectivity index (χ3n) is 7.21. The van der Waals surface area contributed by atoms with Crippen LogP contribution in [0.4, 0.5) is 0 Å². The van der Waals surface area contributed by atoms with Crippen LogP contribution in [-0.4, -0.2) is 88.2 Å². The van der Waals surface area contributed by atoms with Crippen LogP contribution in [0.5, 0.6) is 0 Å². The third kappa shape index (κ3) is 7.22. The van der Waals surface area contributed by atoms with Crippen molar-refractivity contribution in [1.82, 2.24) is 20.4 Å². The van der Waals surface area contributed by atoms with Crippen molar-refractivity contribution >= 4 is 35.8 Å². The number of carbonyl (C=O) groups is 1. The summed E-state index contributed by atoms with van der Waals surface area (Å²) in [5, 5.41) is 6.98. The molecule has 3 aliphatic rings. The molecule has 2 aliphatic carbocycles. The zero-order valence-electron chi connectivity index (χ0n) is 19.0. The lowest BCUT2D eigenvalue weighted by molar-refractivity contribution is -0.137. The molecule has 0 unspecified atom stereocenters. The number of nitrogens with zero attached hydrogens (tertiary/aromatic N) is 3. The molecule has 0 atom stereocenters. The number of ether oxygens (including phenoxy) is 1. The predicted octanol–water partition coefficient (Wildman–Crippen LogP) is 2.31. The number of aliphatic imine (C=N–C) groups is 1. The Morgan fingerprint density at radius 3 is 2.37 bits per heavy atom. The van der Waals surface area contributed by atoms with E-state index in [1.54, 1.807) is 7.11 Å². The summed E-state index contributed by atoms with van der Waals surface area (Å²) in [6.07, 6.45) is 9.66. The Kier molecular flexibility index (Phi) is 11.2. The Balaban J connectivity index is 0.00000320. The highest BCUT2D eigenvalue weighted by Crippen LogP contribution is 2.43. The second-order valence-corrected chi connectivity index (χ2v) is 9.10. The average Bonchev–Trinajstić information content (AvgIpc) is 3.26. The minimum Gasteiger partial charge on any atom is -0.385 e. The number of carbonyl (C=O) groups excluding carboxylic acids is 1. The molecule has 8 heteroatoms. The number of halogens is 1. The van der Waals surface area contributed by atoms with Gasteiger partial charge < -0.3 is 20.3 Å². The van der Waals surface area contributed by atoms with Crippen molar-refractivity contribution in [2.75, 3.05) is 66.6 Å². The number of hydrogen-bond acceptors (Lipinski definition) is 4. The van der Waals surface area contributed by atoms with Crippen LogP contribution in [-0.2, 0) is 9.53 Å². The zero-order valence-corrected chi connectivity index (χ0v) is 21.3. The fourth-order valence-electron chi connectivity index (χ4n) is 4.96. The van der Waals surface area contributed by atoms with Crippen LogP contribution in [0.2, 0.25) is 0 Å². The summed E-state index contributed by atoms with van der Waals surface area (Å²) in [6, 6.07) is 0. The van der Waals surface area contributed by atoms with Gasteiger partial charge in [0.05, 0.1) is 0 Å². The Morgan fingerprint density at radius 1 is 1.10 bits per heavy atom. The second-order valence-electron chi connectivity index (χ2n) is 9.10. The van der Waals surface area contributed by atoms with Gasteiger partial charge in [-0.05, 0) is 37.5 Å². The van der Waals surface area contributed by atoms with E-state index in [0.717, 1.165) is 77.6 Å². The summed E-state index contributed by atoms with van der Waals surface area (Å²) in [6.45, 7) is 7.39. The number of rotatable bonds is 9. The number of nitrogens with one attached hydrogen (secondary N) is 2. The molecule has 2 saturated carbocycles. The average molecular weight is 536 g/mol. The predicted molar refractivity (Wildman–Crippen MR) is 133 cm³/mol. The molecular formula is C22H42IN5O2. The largest absolute Gasteiger partial charge is 0.385 e. The molecule has 0 aromatic carbocycles. The molecule has 1 saturated heterocycles. The maximum absolute atomic E-state index is 12.6. The number of piperazine rings is 1. The summed E-state index contributed by atoms with van der Waals surface area (Å²) in [5.41, 5.74) is 0.385. The molecule has 1 aliphatic heterocycles. The van der Waals surface area contributed by atoms with Crippen molar-refractivity contribution in [3.05, 3.63) is 0 Å². The van der Waals surface area contributed by atoms with Crippen LogP contribution >= 0.6 is 24.0 Å². The highest BCUT2D eigenvalue weighted by Gasteiger charge is 2.36. The first-order chi connectivity index (χ1) is 14.2. The van der Waals surface area contributed by atoms with E-state index in [4.69, 9.17) is 4.74 Å². The SMILES string of the molecule is CN=C(NCCN1CCN(C(=O)C2CCCC2)CC1)NCC1(CCOC)CCC1.I. The molecule has 30 heavy (non-hydrogen) atoms. The van der Waals surface area contributed by atoms with Crippen molar-refractivity contribution in [1.29, 1.82) is 0 Å². The van der Waals surface area contributed by atoms with Gasteiger partial charge in [0.15, 0.2) is 5.96 Å². The standard InChI is InChI=1S/C22H41N5O2.HI/c1-23-21(25-18-22(8-5-9-22)10-17-29-2)24-11-12-26-13-15-27(16-14-26)20(28)19-6-3-4-7-19;/h19H,3-18H2,1-2H3,(H2,23,24,25);1H. The molecule has 174 valence electrons. The van der Waals surface area contributed by atoms with E-state index in [2.05, 4.69) is 25.4 Å². The molecule has 3 rings (SSSR count). The van der Waals surface area contributed by atoms with Gasteiger partial charge in [0.1, 0.15) is 0 Å². The van der Waals surface area contributed by atoms with Crippen LogP contribution in [0, 0.1) is 11.3 Å². The molecule has 7 nitrogen and oxygen atoms in total. The molecule has 1 heterocycles. The molecule has 0 aromatic heterocycles. The molecule has 2 N–H and O–H groups in total. The van der Waals surface area contributed by atoms with Gasteiger partial charge in [-0.3, -0.25) is 14.7 Å². The van der Waals surface area contributed by atoms with E-state index in [9.17, 15) is 4.79 Å². The van der Waals surface area contributed by atoms with Crippen molar-refractivity contribution in [3.63, 3.8) is 0 Å². The lowest BCUT2D eigenvalue weighted by Crippen LogP contribution is -2.52. The first kappa shape index (κ1) is 25.6. The number of amides is 1. The maximum Gasteiger partial charge on any atom is 0.225 e. The summed E-state index contributed by atoms with van der Waals surface area (Å²) in [7, 11) is 3.62. The Bertz CT molecular complexity index is 542. The highest BCUT2D eigenvalue weighted by molar-refractivity contribution is 14.0. The van der Waals surface area contributed by atoms with Gasteiger partial charge in [-0.25, -0.2) is 0 Å². The van der Waals surface area contributed by atoms with E-state index in [1.807, 2.05) is 7.05 Å². The monoisotopic (exact) mass is 535 g/mol. The van der Waals surface area contributed by atoms with Crippen LogP contribution in [0.25, 0.3) is 0 Å². The van der Waals surface area contributed by atoms with Gasteiger partial charge in [-0.1, -0.05) is 19.3 Å². The van der Waals surface area contributed by atoms with Crippen LogP contribution in [0.1, 0.15) is 51.4 Å². The van der Waals surface area contributed by atoms with Crippen molar-refractivity contribution < 1.29 is 9.53 Å². The van der Waals surface area contributed by atoms with Crippen molar-refractivity contribution in [2.45, 2.75) is 51.4 Å². The van der Waals surface area contributed by atoms with Crippen LogP contribution in [0.3, 0.4) is 0 Å². The van der Waals surface area contributed by atoms with E-state index >= 15 is 0 Å². The first-order valence-corrected chi connectivity index (χ1v) is 11.6. The van der Waals surface area contributed by atoms with E-state index in [1.165, 1.54) is 32.1 Å².